The van der Waals surface area contributed by atoms with Crippen molar-refractivity contribution in [3.8, 4) is 0 Å². The van der Waals surface area contributed by atoms with Crippen molar-refractivity contribution in [3.63, 3.8) is 0 Å². The summed E-state index contributed by atoms with van der Waals surface area (Å²) in [6.07, 6.45) is 7.11. The molecule has 0 rings (SSSR count). The van der Waals surface area contributed by atoms with Crippen LogP contribution < -0.4 is 21.3 Å². The van der Waals surface area contributed by atoms with Gasteiger partial charge in [0.05, 0.1) is 0 Å². The largest absolute Gasteiger partial charge is 0.317 e. The van der Waals surface area contributed by atoms with Gasteiger partial charge in [-0.05, 0) is 90.8 Å². The molecular weight excluding hydrogens is 296 g/mol. The Balaban J connectivity index is 3.07. The monoisotopic (exact) mass is 340 g/mol. The molecule has 4 heteroatoms. The number of hydrogen-bond donors (Lipinski definition) is 4. The van der Waals surface area contributed by atoms with Crippen LogP contribution in [0.3, 0.4) is 0 Å². The van der Waals surface area contributed by atoms with E-state index < -0.39 is 0 Å². The van der Waals surface area contributed by atoms with Gasteiger partial charge in [-0.3, -0.25) is 0 Å². The summed E-state index contributed by atoms with van der Waals surface area (Å²) in [6, 6.07) is 0. The van der Waals surface area contributed by atoms with E-state index in [1.165, 1.54) is 31.3 Å². The van der Waals surface area contributed by atoms with Gasteiger partial charge in [0, 0.05) is 6.54 Å². The standard InChI is InChI=1S/C20H44N4/c1-19(2)9-17-23-15-7-13-21-11-6-12-22-14-8-16-24-18-10-20(3,4)5/h9,21-24H,6-8,10-18H2,1-5H3. The van der Waals surface area contributed by atoms with Gasteiger partial charge in [0.15, 0.2) is 0 Å². The molecule has 0 aromatic heterocycles. The van der Waals surface area contributed by atoms with Crippen LogP contribution in [-0.4, -0.2) is 52.4 Å². The number of rotatable bonds is 16. The summed E-state index contributed by atoms with van der Waals surface area (Å²) < 4.78 is 0. The first-order chi connectivity index (χ1) is 11.4. The highest BCUT2D eigenvalue weighted by Crippen LogP contribution is 2.16. The van der Waals surface area contributed by atoms with Crippen molar-refractivity contribution in [3.05, 3.63) is 11.6 Å². The van der Waals surface area contributed by atoms with Crippen molar-refractivity contribution in [1.29, 1.82) is 0 Å². The number of allylic oxidation sites excluding steroid dienone is 1. The van der Waals surface area contributed by atoms with Gasteiger partial charge in [-0.2, -0.15) is 0 Å². The maximum absolute atomic E-state index is 3.53. The Morgan fingerprint density at radius 3 is 1.50 bits per heavy atom. The lowest BCUT2D eigenvalue weighted by molar-refractivity contribution is 0.366. The minimum atomic E-state index is 0.444. The molecule has 0 fully saturated rings. The Morgan fingerprint density at radius 2 is 1.08 bits per heavy atom. The molecule has 0 radical (unpaired) electrons. The Labute approximate surface area is 151 Å². The summed E-state index contributed by atoms with van der Waals surface area (Å²) in [5.74, 6) is 0. The Morgan fingerprint density at radius 1 is 0.667 bits per heavy atom. The highest BCUT2D eigenvalue weighted by Gasteiger charge is 2.08. The summed E-state index contributed by atoms with van der Waals surface area (Å²) >= 11 is 0. The first-order valence-corrected chi connectivity index (χ1v) is 9.88. The zero-order valence-electron chi connectivity index (χ0n) is 17.1. The van der Waals surface area contributed by atoms with Gasteiger partial charge < -0.3 is 21.3 Å². The summed E-state index contributed by atoms with van der Waals surface area (Å²) in [4.78, 5) is 0. The maximum atomic E-state index is 3.53. The molecule has 0 aliphatic heterocycles. The van der Waals surface area contributed by atoms with E-state index in [2.05, 4.69) is 62.0 Å². The van der Waals surface area contributed by atoms with Crippen molar-refractivity contribution in [2.75, 3.05) is 52.4 Å². The van der Waals surface area contributed by atoms with Gasteiger partial charge >= 0.3 is 0 Å². The Bertz CT molecular complexity index is 291. The normalized spacial score (nSPS) is 11.7. The molecule has 0 saturated heterocycles. The highest BCUT2D eigenvalue weighted by atomic mass is 14.9. The third kappa shape index (κ3) is 21.6. The van der Waals surface area contributed by atoms with Crippen LogP contribution in [0.5, 0.6) is 0 Å². The Hall–Kier alpha value is -0.420. The molecule has 0 bridgehead atoms. The molecular formula is C20H44N4. The van der Waals surface area contributed by atoms with E-state index in [9.17, 15) is 0 Å². The lowest BCUT2D eigenvalue weighted by atomic mass is 9.92. The molecule has 0 saturated carbocycles. The molecule has 4 N–H and O–H groups in total. The summed E-state index contributed by atoms with van der Waals surface area (Å²) in [7, 11) is 0. The smallest absolute Gasteiger partial charge is 0.0137 e. The summed E-state index contributed by atoms with van der Waals surface area (Å²) in [5.41, 5.74) is 1.83. The Kier molecular flexibility index (Phi) is 15.8. The van der Waals surface area contributed by atoms with Crippen LogP contribution in [0, 0.1) is 5.41 Å². The third-order valence-electron chi connectivity index (χ3n) is 3.83. The highest BCUT2D eigenvalue weighted by molar-refractivity contribution is 4.94. The molecule has 0 amide bonds. The SMILES string of the molecule is CC(C)=CCNCCCNCCCNCCCNCCC(C)(C)C. The minimum absolute atomic E-state index is 0.444. The number of nitrogens with one attached hydrogen (secondary N) is 4. The lowest BCUT2D eigenvalue weighted by Gasteiger charge is -2.18. The van der Waals surface area contributed by atoms with Crippen LogP contribution in [-0.2, 0) is 0 Å². The van der Waals surface area contributed by atoms with E-state index in [1.807, 2.05) is 0 Å². The lowest BCUT2D eigenvalue weighted by Crippen LogP contribution is -2.27. The first-order valence-electron chi connectivity index (χ1n) is 9.88. The van der Waals surface area contributed by atoms with Crippen LogP contribution in [0.4, 0.5) is 0 Å². The molecule has 0 unspecified atom stereocenters. The van der Waals surface area contributed by atoms with Crippen LogP contribution >= 0.6 is 0 Å². The van der Waals surface area contributed by atoms with Gasteiger partial charge in [-0.25, -0.2) is 0 Å². The average Bonchev–Trinajstić information content (AvgIpc) is 2.49. The predicted molar refractivity (Wildman–Crippen MR) is 109 cm³/mol. The molecule has 24 heavy (non-hydrogen) atoms. The van der Waals surface area contributed by atoms with Crippen LogP contribution in [0.1, 0.15) is 60.3 Å². The fourth-order valence-corrected chi connectivity index (χ4v) is 2.23. The molecule has 0 atom stereocenters. The molecule has 0 spiro atoms. The topological polar surface area (TPSA) is 48.1 Å². The van der Waals surface area contributed by atoms with Crippen molar-refractivity contribution in [2.45, 2.75) is 60.3 Å². The zero-order valence-corrected chi connectivity index (χ0v) is 17.1. The van der Waals surface area contributed by atoms with E-state index in [0.29, 0.717) is 5.41 Å². The second-order valence-electron chi connectivity index (χ2n) is 8.11. The van der Waals surface area contributed by atoms with Crippen molar-refractivity contribution in [2.24, 2.45) is 5.41 Å². The van der Waals surface area contributed by atoms with Crippen LogP contribution in [0.25, 0.3) is 0 Å². The van der Waals surface area contributed by atoms with Gasteiger partial charge in [-0.1, -0.05) is 32.4 Å². The molecule has 0 aromatic carbocycles. The van der Waals surface area contributed by atoms with E-state index in [1.54, 1.807) is 0 Å². The van der Waals surface area contributed by atoms with Crippen molar-refractivity contribution in [1.82, 2.24) is 21.3 Å². The number of hydrogen-bond acceptors (Lipinski definition) is 4. The van der Waals surface area contributed by atoms with E-state index in [-0.39, 0.29) is 0 Å². The second kappa shape index (κ2) is 16.1. The zero-order chi connectivity index (χ0) is 18.1. The first kappa shape index (κ1) is 23.6. The molecule has 0 aliphatic carbocycles. The predicted octanol–water partition coefficient (Wildman–Crippen LogP) is 2.92. The van der Waals surface area contributed by atoms with Crippen LogP contribution in [0.2, 0.25) is 0 Å². The van der Waals surface area contributed by atoms with Crippen molar-refractivity contribution < 1.29 is 0 Å². The minimum Gasteiger partial charge on any atom is -0.317 e. The fourth-order valence-electron chi connectivity index (χ4n) is 2.23. The van der Waals surface area contributed by atoms with E-state index >= 15 is 0 Å². The van der Waals surface area contributed by atoms with Gasteiger partial charge in [-0.15, -0.1) is 0 Å². The fraction of sp³-hybridized carbons (Fsp3) is 0.900. The van der Waals surface area contributed by atoms with Gasteiger partial charge in [0.1, 0.15) is 0 Å². The quantitative estimate of drug-likeness (QED) is 0.258. The van der Waals surface area contributed by atoms with E-state index in [4.69, 9.17) is 0 Å². The third-order valence-corrected chi connectivity index (χ3v) is 3.83. The molecule has 4 nitrogen and oxygen atoms in total. The van der Waals surface area contributed by atoms with Crippen LogP contribution in [0.15, 0.2) is 11.6 Å². The maximum Gasteiger partial charge on any atom is 0.0137 e. The van der Waals surface area contributed by atoms with Gasteiger partial charge in [0.25, 0.3) is 0 Å². The summed E-state index contributed by atoms with van der Waals surface area (Å²) in [5, 5.41) is 14.0. The molecule has 0 aliphatic rings. The van der Waals surface area contributed by atoms with Crippen molar-refractivity contribution >= 4 is 0 Å². The summed E-state index contributed by atoms with van der Waals surface area (Å²) in [6.45, 7) is 20.0. The molecule has 0 heterocycles. The second-order valence-corrected chi connectivity index (χ2v) is 8.11. The van der Waals surface area contributed by atoms with Gasteiger partial charge in [0.2, 0.25) is 0 Å². The molecule has 144 valence electrons. The van der Waals surface area contributed by atoms with E-state index in [0.717, 1.165) is 52.4 Å². The average molecular weight is 341 g/mol. The molecule has 0 aromatic rings.